The number of hydrogen-bond donors (Lipinski definition) is 2. The first-order valence-corrected chi connectivity index (χ1v) is 15.2. The second kappa shape index (κ2) is 9.10. The SMILES string of the molecule is C[C@@H]1C[C@H](NC(=O)OC(C)(C)C)CN(c2c(N)cnc3c2CCC3O[Si](C)(C)C(C)(C)C)C1. The van der Waals surface area contributed by atoms with Gasteiger partial charge in [0.15, 0.2) is 8.32 Å². The van der Waals surface area contributed by atoms with Crippen molar-refractivity contribution in [1.82, 2.24) is 10.3 Å². The molecule has 3 N–H and O–H groups in total. The number of amides is 1. The number of carbonyl (C=O) groups excluding carboxylic acids is 1. The number of aromatic nitrogens is 1. The molecule has 0 bridgehead atoms. The van der Waals surface area contributed by atoms with Gasteiger partial charge < -0.3 is 25.1 Å². The third-order valence-electron chi connectivity index (χ3n) is 7.11. The molecular formula is C25H44N4O3Si. The lowest BCUT2D eigenvalue weighted by atomic mass is 9.94. The maximum absolute atomic E-state index is 12.4. The first-order valence-electron chi connectivity index (χ1n) is 12.3. The van der Waals surface area contributed by atoms with E-state index in [1.807, 2.05) is 20.8 Å². The fourth-order valence-corrected chi connectivity index (χ4v) is 5.94. The lowest BCUT2D eigenvalue weighted by molar-refractivity contribution is 0.0495. The lowest BCUT2D eigenvalue weighted by Gasteiger charge is -2.40. The molecule has 1 aliphatic heterocycles. The molecule has 1 aliphatic carbocycles. The van der Waals surface area contributed by atoms with Gasteiger partial charge in [-0.05, 0) is 64.1 Å². The van der Waals surface area contributed by atoms with Crippen LogP contribution in [-0.4, -0.2) is 44.1 Å². The van der Waals surface area contributed by atoms with E-state index in [-0.39, 0.29) is 23.3 Å². The molecule has 3 atom stereocenters. The second-order valence-electron chi connectivity index (χ2n) is 12.4. The second-order valence-corrected chi connectivity index (χ2v) is 17.2. The van der Waals surface area contributed by atoms with E-state index in [0.717, 1.165) is 37.2 Å². The summed E-state index contributed by atoms with van der Waals surface area (Å²) in [6.07, 6.45) is 4.22. The number of nitrogens with one attached hydrogen (secondary N) is 1. The van der Waals surface area contributed by atoms with E-state index in [4.69, 9.17) is 19.9 Å². The molecular weight excluding hydrogens is 432 g/mol. The quantitative estimate of drug-likeness (QED) is 0.565. The zero-order valence-electron chi connectivity index (χ0n) is 22.0. The van der Waals surface area contributed by atoms with E-state index in [2.05, 4.69) is 51.0 Å². The summed E-state index contributed by atoms with van der Waals surface area (Å²) in [6.45, 7) is 20.9. The van der Waals surface area contributed by atoms with E-state index >= 15 is 0 Å². The summed E-state index contributed by atoms with van der Waals surface area (Å²) >= 11 is 0. The fraction of sp³-hybridized carbons (Fsp3) is 0.760. The Kier molecular flexibility index (Phi) is 7.12. The molecule has 0 radical (unpaired) electrons. The minimum absolute atomic E-state index is 0.00694. The number of alkyl carbamates (subject to hydrolysis) is 1. The van der Waals surface area contributed by atoms with Crippen LogP contribution in [0.15, 0.2) is 6.20 Å². The average molecular weight is 477 g/mol. The van der Waals surface area contributed by atoms with Crippen molar-refractivity contribution in [1.29, 1.82) is 0 Å². The van der Waals surface area contributed by atoms with Crippen LogP contribution in [0.5, 0.6) is 0 Å². The molecule has 7 nitrogen and oxygen atoms in total. The Morgan fingerprint density at radius 2 is 1.88 bits per heavy atom. The van der Waals surface area contributed by atoms with Crippen LogP contribution in [0.25, 0.3) is 0 Å². The van der Waals surface area contributed by atoms with Gasteiger partial charge in [-0.15, -0.1) is 0 Å². The van der Waals surface area contributed by atoms with Gasteiger partial charge in [0, 0.05) is 24.7 Å². The van der Waals surface area contributed by atoms with E-state index < -0.39 is 13.9 Å². The Morgan fingerprint density at radius 3 is 2.48 bits per heavy atom. The van der Waals surface area contributed by atoms with Crippen LogP contribution in [0.2, 0.25) is 18.1 Å². The fourth-order valence-electron chi connectivity index (χ4n) is 4.64. The number of pyridine rings is 1. The standard InChI is InChI=1S/C25H44N4O3Si/c1-16-12-17(28-23(30)31-24(2,3)4)15-29(14-16)22-18-10-11-20(21(18)27-13-19(22)26)32-33(8,9)25(5,6)7/h13,16-17,20H,10-12,14-15,26H2,1-9H3,(H,28,30)/t16-,17+,20?/m1/s1. The molecule has 1 aromatic rings. The lowest BCUT2D eigenvalue weighted by Crippen LogP contribution is -2.51. The average Bonchev–Trinajstić information content (AvgIpc) is 3.00. The van der Waals surface area contributed by atoms with Crippen molar-refractivity contribution in [3.8, 4) is 0 Å². The Labute approximate surface area is 200 Å². The van der Waals surface area contributed by atoms with Crippen LogP contribution >= 0.6 is 0 Å². The molecule has 1 fully saturated rings. The predicted octanol–water partition coefficient (Wildman–Crippen LogP) is 5.41. The molecule has 0 spiro atoms. The Bertz CT molecular complexity index is 876. The van der Waals surface area contributed by atoms with Gasteiger partial charge in [0.25, 0.3) is 0 Å². The Hall–Kier alpha value is -1.80. The van der Waals surface area contributed by atoms with Gasteiger partial charge in [-0.25, -0.2) is 4.79 Å². The van der Waals surface area contributed by atoms with E-state index in [0.29, 0.717) is 18.2 Å². The zero-order chi connectivity index (χ0) is 24.8. The van der Waals surface area contributed by atoms with Gasteiger partial charge in [0.2, 0.25) is 0 Å². The number of carbonyl (C=O) groups is 1. The number of nitrogens with zero attached hydrogens (tertiary/aromatic N) is 2. The molecule has 1 amide bonds. The number of fused-ring (bicyclic) bond motifs is 1. The van der Waals surface area contributed by atoms with Gasteiger partial charge in [-0.1, -0.05) is 27.7 Å². The van der Waals surface area contributed by atoms with Gasteiger partial charge in [0.05, 0.1) is 29.4 Å². The molecule has 186 valence electrons. The van der Waals surface area contributed by atoms with Gasteiger partial charge >= 0.3 is 6.09 Å². The van der Waals surface area contributed by atoms with E-state index in [1.54, 1.807) is 6.20 Å². The summed E-state index contributed by atoms with van der Waals surface area (Å²) in [4.78, 5) is 19.5. The summed E-state index contributed by atoms with van der Waals surface area (Å²) in [7, 11) is -1.92. The van der Waals surface area contributed by atoms with Crippen molar-refractivity contribution >= 4 is 25.8 Å². The Balaban J connectivity index is 1.82. The van der Waals surface area contributed by atoms with Crippen molar-refractivity contribution in [3.63, 3.8) is 0 Å². The highest BCUT2D eigenvalue weighted by Gasteiger charge is 2.42. The van der Waals surface area contributed by atoms with Crippen molar-refractivity contribution in [3.05, 3.63) is 17.5 Å². The summed E-state index contributed by atoms with van der Waals surface area (Å²) in [5, 5.41) is 3.22. The third-order valence-corrected chi connectivity index (χ3v) is 11.6. The maximum Gasteiger partial charge on any atom is 0.407 e. The highest BCUT2D eigenvalue weighted by molar-refractivity contribution is 6.74. The molecule has 0 saturated carbocycles. The van der Waals surface area contributed by atoms with Crippen LogP contribution in [0.4, 0.5) is 16.2 Å². The van der Waals surface area contributed by atoms with Crippen molar-refractivity contribution in [2.75, 3.05) is 23.7 Å². The normalized spacial score (nSPS) is 23.9. The minimum atomic E-state index is -1.92. The van der Waals surface area contributed by atoms with Crippen molar-refractivity contribution in [2.24, 2.45) is 5.92 Å². The molecule has 1 aromatic heterocycles. The van der Waals surface area contributed by atoms with Crippen LogP contribution < -0.4 is 16.0 Å². The number of nitrogens with two attached hydrogens (primary N) is 1. The molecule has 8 heteroatoms. The third kappa shape index (κ3) is 6.01. The monoisotopic (exact) mass is 476 g/mol. The number of anilines is 2. The van der Waals surface area contributed by atoms with Crippen LogP contribution in [0.3, 0.4) is 0 Å². The summed E-state index contributed by atoms with van der Waals surface area (Å²) in [6, 6.07) is 0.00694. The van der Waals surface area contributed by atoms with Crippen LogP contribution in [0, 0.1) is 5.92 Å². The smallest absolute Gasteiger partial charge is 0.407 e. The first kappa shape index (κ1) is 25.8. The highest BCUT2D eigenvalue weighted by atomic mass is 28.4. The summed E-state index contributed by atoms with van der Waals surface area (Å²) < 4.78 is 12.2. The van der Waals surface area contributed by atoms with Crippen molar-refractivity contribution < 1.29 is 14.0 Å². The number of hydrogen-bond acceptors (Lipinski definition) is 6. The number of nitrogen functional groups attached to an aromatic ring is 1. The zero-order valence-corrected chi connectivity index (χ0v) is 23.0. The minimum Gasteiger partial charge on any atom is -0.444 e. The topological polar surface area (TPSA) is 89.7 Å². The number of rotatable bonds is 4. The maximum atomic E-state index is 12.4. The summed E-state index contributed by atoms with van der Waals surface area (Å²) in [5.74, 6) is 0.419. The van der Waals surface area contributed by atoms with Crippen LogP contribution in [0.1, 0.15) is 78.7 Å². The first-order chi connectivity index (χ1) is 15.1. The molecule has 2 aliphatic rings. The predicted molar refractivity (Wildman–Crippen MR) is 137 cm³/mol. The Morgan fingerprint density at radius 1 is 1.21 bits per heavy atom. The number of piperidine rings is 1. The largest absolute Gasteiger partial charge is 0.444 e. The molecule has 2 heterocycles. The molecule has 1 unspecified atom stereocenters. The van der Waals surface area contributed by atoms with E-state index in [1.165, 1.54) is 5.56 Å². The van der Waals surface area contributed by atoms with Crippen molar-refractivity contribution in [2.45, 2.75) is 104 Å². The highest BCUT2D eigenvalue weighted by Crippen LogP contribution is 2.46. The molecule has 3 rings (SSSR count). The molecule has 33 heavy (non-hydrogen) atoms. The van der Waals surface area contributed by atoms with Gasteiger partial charge in [-0.2, -0.15) is 0 Å². The summed E-state index contributed by atoms with van der Waals surface area (Å²) in [5.41, 5.74) is 10.0. The number of ether oxygens (including phenoxy) is 1. The van der Waals surface area contributed by atoms with Gasteiger partial charge in [0.1, 0.15) is 5.60 Å². The van der Waals surface area contributed by atoms with E-state index in [9.17, 15) is 4.79 Å². The van der Waals surface area contributed by atoms with Gasteiger partial charge in [-0.3, -0.25) is 4.98 Å². The molecule has 0 aromatic carbocycles. The van der Waals surface area contributed by atoms with Crippen LogP contribution in [-0.2, 0) is 15.6 Å². The molecule has 1 saturated heterocycles.